The topological polar surface area (TPSA) is 95.9 Å². The Balaban J connectivity index is 2.19. The van der Waals surface area contributed by atoms with Gasteiger partial charge >= 0.3 is 5.97 Å². The second-order valence-electron chi connectivity index (χ2n) is 10.6. The van der Waals surface area contributed by atoms with Crippen molar-refractivity contribution in [1.82, 2.24) is 0 Å². The van der Waals surface area contributed by atoms with E-state index in [0.29, 0.717) is 5.75 Å². The minimum atomic E-state index is -1.26. The molecule has 32 heavy (non-hydrogen) atoms. The molecule has 0 aliphatic carbocycles. The van der Waals surface area contributed by atoms with Gasteiger partial charge in [0.1, 0.15) is 11.5 Å². The zero-order chi connectivity index (χ0) is 24.5. The van der Waals surface area contributed by atoms with Gasteiger partial charge in [0, 0.05) is 0 Å². The van der Waals surface area contributed by atoms with Crippen LogP contribution in [0.3, 0.4) is 0 Å². The second kappa shape index (κ2) is 8.85. The summed E-state index contributed by atoms with van der Waals surface area (Å²) in [6.45, 7) is 15.9. The van der Waals surface area contributed by atoms with E-state index in [1.165, 1.54) is 24.6 Å². The Morgan fingerprint density at radius 1 is 0.938 bits per heavy atom. The fourth-order valence-electron chi connectivity index (χ4n) is 4.09. The number of anilines is 1. The van der Waals surface area contributed by atoms with Gasteiger partial charge in [0.15, 0.2) is 5.60 Å². The van der Waals surface area contributed by atoms with E-state index in [2.05, 4.69) is 39.9 Å². The molecule has 0 radical (unpaired) electrons. The first kappa shape index (κ1) is 25.2. The minimum absolute atomic E-state index is 0.00489. The summed E-state index contributed by atoms with van der Waals surface area (Å²) in [6, 6.07) is 10.3. The molecular formula is C26H35NO5. The lowest BCUT2D eigenvalue weighted by atomic mass is 9.72. The number of rotatable bonds is 7. The first-order valence-corrected chi connectivity index (χ1v) is 10.7. The van der Waals surface area contributed by atoms with Crippen LogP contribution >= 0.6 is 0 Å². The van der Waals surface area contributed by atoms with Crippen molar-refractivity contribution in [1.29, 1.82) is 0 Å². The van der Waals surface area contributed by atoms with Crippen molar-refractivity contribution in [3.05, 3.63) is 53.1 Å². The normalized spacial score (nSPS) is 12.4. The highest BCUT2D eigenvalue weighted by atomic mass is 16.5. The van der Waals surface area contributed by atoms with Crippen LogP contribution in [0.25, 0.3) is 0 Å². The third-order valence-corrected chi connectivity index (χ3v) is 5.44. The van der Waals surface area contributed by atoms with Crippen LogP contribution in [0.2, 0.25) is 0 Å². The second-order valence-corrected chi connectivity index (χ2v) is 10.6. The van der Waals surface area contributed by atoms with Crippen molar-refractivity contribution in [2.75, 3.05) is 5.32 Å². The summed E-state index contributed by atoms with van der Waals surface area (Å²) in [6.07, 6.45) is 1.02. The molecule has 0 bridgehead atoms. The van der Waals surface area contributed by atoms with E-state index < -0.39 is 17.5 Å². The largest absolute Gasteiger partial charge is 0.506 e. The Morgan fingerprint density at radius 3 is 2.00 bits per heavy atom. The van der Waals surface area contributed by atoms with Crippen LogP contribution in [0.15, 0.2) is 36.4 Å². The van der Waals surface area contributed by atoms with Crippen molar-refractivity contribution in [2.24, 2.45) is 5.41 Å². The van der Waals surface area contributed by atoms with Crippen LogP contribution in [0.5, 0.6) is 11.5 Å². The molecule has 6 nitrogen and oxygen atoms in total. The van der Waals surface area contributed by atoms with Crippen LogP contribution in [0, 0.1) is 12.3 Å². The molecule has 0 aliphatic heterocycles. The van der Waals surface area contributed by atoms with E-state index >= 15 is 0 Å². The first-order chi connectivity index (χ1) is 14.5. The van der Waals surface area contributed by atoms with Crippen LogP contribution in [-0.4, -0.2) is 27.7 Å². The van der Waals surface area contributed by atoms with E-state index in [1.54, 1.807) is 13.8 Å². The average Bonchev–Trinajstić information content (AvgIpc) is 2.62. The van der Waals surface area contributed by atoms with Gasteiger partial charge in [-0.25, -0.2) is 4.79 Å². The molecule has 2 aromatic carbocycles. The van der Waals surface area contributed by atoms with Crippen molar-refractivity contribution in [3.63, 3.8) is 0 Å². The summed E-state index contributed by atoms with van der Waals surface area (Å²) in [4.78, 5) is 24.3. The molecule has 0 unspecified atom stereocenters. The molecule has 0 fully saturated rings. The molecule has 0 heterocycles. The zero-order valence-corrected chi connectivity index (χ0v) is 20.3. The third kappa shape index (κ3) is 6.02. The number of carbonyl (C=O) groups is 2. The predicted octanol–water partition coefficient (Wildman–Crippen LogP) is 5.91. The van der Waals surface area contributed by atoms with Crippen LogP contribution in [0.4, 0.5) is 5.69 Å². The van der Waals surface area contributed by atoms with Gasteiger partial charge in [-0.15, -0.1) is 0 Å². The number of carboxylic acid groups (broad SMARTS) is 1. The third-order valence-electron chi connectivity index (χ3n) is 5.44. The summed E-state index contributed by atoms with van der Waals surface area (Å²) in [5.74, 6) is -1.30. The van der Waals surface area contributed by atoms with Crippen molar-refractivity contribution in [2.45, 2.75) is 72.8 Å². The number of amides is 1. The van der Waals surface area contributed by atoms with Gasteiger partial charge in [0.25, 0.3) is 5.91 Å². The lowest BCUT2D eigenvalue weighted by molar-refractivity contribution is -0.128. The molecule has 0 aromatic heterocycles. The molecule has 1 amide bonds. The summed E-state index contributed by atoms with van der Waals surface area (Å²) >= 11 is 0. The highest BCUT2D eigenvalue weighted by molar-refractivity contribution is 6.01. The fourth-order valence-corrected chi connectivity index (χ4v) is 4.09. The number of benzene rings is 2. The van der Waals surface area contributed by atoms with Crippen LogP contribution < -0.4 is 10.1 Å². The lowest BCUT2D eigenvalue weighted by Gasteiger charge is -2.33. The summed E-state index contributed by atoms with van der Waals surface area (Å²) < 4.78 is 5.95. The van der Waals surface area contributed by atoms with Gasteiger partial charge in [0.05, 0.1) is 11.3 Å². The molecule has 2 aromatic rings. The van der Waals surface area contributed by atoms with Gasteiger partial charge in [0.2, 0.25) is 0 Å². The van der Waals surface area contributed by atoms with Crippen LogP contribution in [0.1, 0.15) is 76.4 Å². The fraction of sp³-hybridized carbons (Fsp3) is 0.462. The van der Waals surface area contributed by atoms with Crippen LogP contribution in [-0.2, 0) is 10.2 Å². The van der Waals surface area contributed by atoms with E-state index in [9.17, 15) is 19.8 Å². The molecule has 0 atom stereocenters. The smallest absolute Gasteiger partial charge is 0.336 e. The number of phenols is 1. The maximum atomic E-state index is 12.9. The van der Waals surface area contributed by atoms with E-state index in [1.807, 2.05) is 24.3 Å². The molecule has 0 saturated carbocycles. The quantitative estimate of drug-likeness (QED) is 0.464. The molecule has 0 saturated heterocycles. The Hall–Kier alpha value is -3.02. The Kier molecular flexibility index (Phi) is 6.98. The highest BCUT2D eigenvalue weighted by Gasteiger charge is 2.32. The van der Waals surface area contributed by atoms with Gasteiger partial charge in [-0.1, -0.05) is 46.8 Å². The average molecular weight is 442 g/mol. The Bertz CT molecular complexity index is 998. The monoisotopic (exact) mass is 441 g/mol. The summed E-state index contributed by atoms with van der Waals surface area (Å²) in [7, 11) is 0. The Labute approximate surface area is 190 Å². The maximum absolute atomic E-state index is 12.9. The number of hydrogen-bond acceptors (Lipinski definition) is 4. The van der Waals surface area contributed by atoms with E-state index in [-0.39, 0.29) is 33.4 Å². The molecule has 2 rings (SSSR count). The van der Waals surface area contributed by atoms with Crippen molar-refractivity contribution >= 4 is 17.6 Å². The number of aromatic carboxylic acids is 1. The number of carbonyl (C=O) groups excluding carboxylic acids is 1. The van der Waals surface area contributed by atoms with Gasteiger partial charge in [-0.3, -0.25) is 4.79 Å². The lowest BCUT2D eigenvalue weighted by Crippen LogP contribution is -2.42. The Morgan fingerprint density at radius 2 is 1.50 bits per heavy atom. The minimum Gasteiger partial charge on any atom is -0.506 e. The number of phenolic OH excluding ortho intramolecular Hbond substituents is 1. The number of ether oxygens (including phenoxy) is 1. The summed E-state index contributed by atoms with van der Waals surface area (Å²) in [5.41, 5.74) is 0.450. The molecule has 174 valence electrons. The number of nitrogens with one attached hydrogen (secondary N) is 1. The maximum Gasteiger partial charge on any atom is 0.336 e. The van der Waals surface area contributed by atoms with Gasteiger partial charge in [-0.2, -0.15) is 0 Å². The number of carboxylic acids is 1. The predicted molar refractivity (Wildman–Crippen MR) is 127 cm³/mol. The van der Waals surface area contributed by atoms with E-state index in [4.69, 9.17) is 4.74 Å². The SMILES string of the molecule is Cc1c(C(=O)O)ccc(O)c1NC(=O)C(C)(C)Oc1ccc(C(C)(C)CC(C)(C)C)cc1. The number of aromatic hydroxyl groups is 1. The molecule has 3 N–H and O–H groups in total. The zero-order valence-electron chi connectivity index (χ0n) is 20.3. The van der Waals surface area contributed by atoms with Crippen molar-refractivity contribution in [3.8, 4) is 11.5 Å². The molecule has 0 spiro atoms. The van der Waals surface area contributed by atoms with Gasteiger partial charge in [-0.05, 0) is 73.4 Å². The standard InChI is InChI=1S/C26H35NO5/c1-16-19(22(29)30)13-14-20(28)21(16)27-23(31)26(7,8)32-18-11-9-17(10-12-18)25(5,6)15-24(2,3)4/h9-14,28H,15H2,1-8H3,(H,27,31)(H,29,30). The molecular weight excluding hydrogens is 406 g/mol. The molecule has 6 heteroatoms. The number of hydrogen-bond donors (Lipinski definition) is 3. The van der Waals surface area contributed by atoms with E-state index in [0.717, 1.165) is 6.42 Å². The molecule has 0 aliphatic rings. The van der Waals surface area contributed by atoms with Gasteiger partial charge < -0.3 is 20.3 Å². The summed E-state index contributed by atoms with van der Waals surface area (Å²) in [5, 5.41) is 22.1. The highest BCUT2D eigenvalue weighted by Crippen LogP contribution is 2.37. The van der Waals surface area contributed by atoms with Crippen molar-refractivity contribution < 1.29 is 24.5 Å². The first-order valence-electron chi connectivity index (χ1n) is 10.7.